The van der Waals surface area contributed by atoms with Crippen molar-refractivity contribution >= 4 is 23.3 Å². The average molecular weight is 369 g/mol. The summed E-state index contributed by atoms with van der Waals surface area (Å²) < 4.78 is 18.0. The number of esters is 1. The Labute approximate surface area is 156 Å². The fourth-order valence-electron chi connectivity index (χ4n) is 3.20. The molecule has 0 radical (unpaired) electrons. The number of benzene rings is 2. The van der Waals surface area contributed by atoms with Crippen LogP contribution in [-0.4, -0.2) is 30.8 Å². The number of carbonyl (C=O) groups excluding carboxylic acids is 3. The summed E-state index contributed by atoms with van der Waals surface area (Å²) in [6, 6.07) is 10.8. The second kappa shape index (κ2) is 7.70. The van der Waals surface area contributed by atoms with E-state index in [1.54, 1.807) is 4.90 Å². The molecule has 0 N–H and O–H groups in total. The van der Waals surface area contributed by atoms with E-state index >= 15 is 0 Å². The lowest BCUT2D eigenvalue weighted by Crippen LogP contribution is -2.27. The summed E-state index contributed by atoms with van der Waals surface area (Å²) in [7, 11) is 0. The van der Waals surface area contributed by atoms with E-state index in [4.69, 9.17) is 4.74 Å². The van der Waals surface area contributed by atoms with Crippen LogP contribution in [0.3, 0.4) is 0 Å². The molecule has 0 unspecified atom stereocenters. The van der Waals surface area contributed by atoms with Crippen LogP contribution >= 0.6 is 0 Å². The number of halogens is 1. The number of Topliss-reactive ketones (excluding diaryl/α,β-unsaturated/α-hetero) is 1. The van der Waals surface area contributed by atoms with Crippen molar-refractivity contribution in [3.8, 4) is 0 Å². The summed E-state index contributed by atoms with van der Waals surface area (Å²) in [6.45, 7) is 3.69. The van der Waals surface area contributed by atoms with Gasteiger partial charge < -0.3 is 9.64 Å². The quantitative estimate of drug-likeness (QED) is 0.600. The van der Waals surface area contributed by atoms with Crippen molar-refractivity contribution in [2.45, 2.75) is 20.3 Å². The number of ether oxygens (including phenoxy) is 1. The molecule has 0 spiro atoms. The van der Waals surface area contributed by atoms with E-state index in [2.05, 4.69) is 0 Å². The Morgan fingerprint density at radius 3 is 2.37 bits per heavy atom. The van der Waals surface area contributed by atoms with Crippen LogP contribution < -0.4 is 4.90 Å². The summed E-state index contributed by atoms with van der Waals surface area (Å²) in [4.78, 5) is 38.2. The van der Waals surface area contributed by atoms with E-state index in [1.165, 1.54) is 24.3 Å². The second-order valence-electron chi connectivity index (χ2n) is 6.79. The predicted octanol–water partition coefficient (Wildman–Crippen LogP) is 3.22. The van der Waals surface area contributed by atoms with Gasteiger partial charge in [-0.1, -0.05) is 6.07 Å². The molecule has 3 rings (SSSR count). The van der Waals surface area contributed by atoms with Crippen LogP contribution in [0, 0.1) is 25.6 Å². The van der Waals surface area contributed by atoms with E-state index in [1.807, 2.05) is 32.0 Å². The molecule has 0 aliphatic carbocycles. The SMILES string of the molecule is Cc1cc(C)cc(N2C[C@@H](C(=O)OCC(=O)c3ccc(F)cc3)CC2=O)c1. The first kappa shape index (κ1) is 18.8. The first-order valence-electron chi connectivity index (χ1n) is 8.67. The molecule has 140 valence electrons. The number of carbonyl (C=O) groups is 3. The molecule has 0 aromatic heterocycles. The number of aryl methyl sites for hydroxylation is 2. The Morgan fingerprint density at radius 2 is 1.74 bits per heavy atom. The highest BCUT2D eigenvalue weighted by molar-refractivity contribution is 6.01. The van der Waals surface area contributed by atoms with Gasteiger partial charge in [0.2, 0.25) is 5.91 Å². The Kier molecular flexibility index (Phi) is 5.35. The molecular weight excluding hydrogens is 349 g/mol. The number of ketones is 1. The van der Waals surface area contributed by atoms with Gasteiger partial charge >= 0.3 is 5.97 Å². The number of rotatable bonds is 5. The van der Waals surface area contributed by atoms with Gasteiger partial charge in [-0.25, -0.2) is 4.39 Å². The fraction of sp³-hybridized carbons (Fsp3) is 0.286. The highest BCUT2D eigenvalue weighted by Crippen LogP contribution is 2.27. The van der Waals surface area contributed by atoms with Gasteiger partial charge in [0.25, 0.3) is 0 Å². The maximum Gasteiger partial charge on any atom is 0.311 e. The minimum atomic E-state index is -0.612. The molecule has 1 amide bonds. The van der Waals surface area contributed by atoms with Crippen molar-refractivity contribution in [3.63, 3.8) is 0 Å². The third-order valence-corrected chi connectivity index (χ3v) is 4.49. The number of amides is 1. The van der Waals surface area contributed by atoms with Gasteiger partial charge in [-0.15, -0.1) is 0 Å². The molecule has 27 heavy (non-hydrogen) atoms. The minimum absolute atomic E-state index is 0.0521. The van der Waals surface area contributed by atoms with Crippen LogP contribution in [0.4, 0.5) is 10.1 Å². The first-order chi connectivity index (χ1) is 12.8. The number of anilines is 1. The van der Waals surface area contributed by atoms with Crippen LogP contribution in [-0.2, 0) is 14.3 Å². The maximum absolute atomic E-state index is 12.9. The van der Waals surface area contributed by atoms with Crippen molar-refractivity contribution < 1.29 is 23.5 Å². The summed E-state index contributed by atoms with van der Waals surface area (Å²) >= 11 is 0. The molecule has 0 saturated carbocycles. The second-order valence-corrected chi connectivity index (χ2v) is 6.79. The van der Waals surface area contributed by atoms with Crippen molar-refractivity contribution in [2.75, 3.05) is 18.1 Å². The topological polar surface area (TPSA) is 63.7 Å². The summed E-state index contributed by atoms with van der Waals surface area (Å²) in [5.74, 6) is -2.20. The van der Waals surface area contributed by atoms with Crippen LogP contribution in [0.1, 0.15) is 27.9 Å². The van der Waals surface area contributed by atoms with Gasteiger partial charge in [0, 0.05) is 24.2 Å². The highest BCUT2D eigenvalue weighted by atomic mass is 19.1. The summed E-state index contributed by atoms with van der Waals surface area (Å²) in [5, 5.41) is 0. The zero-order chi connectivity index (χ0) is 19.6. The zero-order valence-corrected chi connectivity index (χ0v) is 15.2. The summed E-state index contributed by atoms with van der Waals surface area (Å²) in [6.07, 6.45) is 0.0521. The Hall–Kier alpha value is -3.02. The van der Waals surface area contributed by atoms with Crippen LogP contribution in [0.2, 0.25) is 0 Å². The van der Waals surface area contributed by atoms with E-state index in [-0.39, 0.29) is 24.4 Å². The van der Waals surface area contributed by atoms with Crippen LogP contribution in [0.25, 0.3) is 0 Å². The fourth-order valence-corrected chi connectivity index (χ4v) is 3.20. The van der Waals surface area contributed by atoms with Crippen molar-refractivity contribution in [2.24, 2.45) is 5.92 Å². The maximum atomic E-state index is 12.9. The molecule has 2 aromatic rings. The van der Waals surface area contributed by atoms with Crippen molar-refractivity contribution in [1.29, 1.82) is 0 Å². The molecule has 5 nitrogen and oxygen atoms in total. The van der Waals surface area contributed by atoms with Gasteiger partial charge in [0.05, 0.1) is 5.92 Å². The van der Waals surface area contributed by atoms with Crippen LogP contribution in [0.5, 0.6) is 0 Å². The van der Waals surface area contributed by atoms with E-state index in [0.29, 0.717) is 0 Å². The minimum Gasteiger partial charge on any atom is -0.457 e. The molecule has 0 bridgehead atoms. The number of nitrogens with zero attached hydrogens (tertiary/aromatic N) is 1. The lowest BCUT2D eigenvalue weighted by atomic mass is 10.1. The van der Waals surface area contributed by atoms with E-state index in [9.17, 15) is 18.8 Å². The molecule has 1 heterocycles. The van der Waals surface area contributed by atoms with E-state index in [0.717, 1.165) is 16.8 Å². The first-order valence-corrected chi connectivity index (χ1v) is 8.67. The number of hydrogen-bond donors (Lipinski definition) is 0. The molecular formula is C21H20FNO4. The molecule has 1 aliphatic heterocycles. The Bertz CT molecular complexity index is 871. The lowest BCUT2D eigenvalue weighted by Gasteiger charge is -2.18. The zero-order valence-electron chi connectivity index (χ0n) is 15.2. The van der Waals surface area contributed by atoms with Gasteiger partial charge in [-0.2, -0.15) is 0 Å². The van der Waals surface area contributed by atoms with Crippen molar-refractivity contribution in [3.05, 3.63) is 65.0 Å². The Morgan fingerprint density at radius 1 is 1.11 bits per heavy atom. The van der Waals surface area contributed by atoms with Gasteiger partial charge in [-0.05, 0) is 61.4 Å². The molecule has 6 heteroatoms. The molecule has 2 aromatic carbocycles. The average Bonchev–Trinajstić information content (AvgIpc) is 3.01. The van der Waals surface area contributed by atoms with Gasteiger partial charge in [0.1, 0.15) is 5.82 Å². The molecule has 1 saturated heterocycles. The standard InChI is InChI=1S/C21H20FNO4/c1-13-7-14(2)9-18(8-13)23-11-16(10-20(23)25)21(26)27-12-19(24)15-3-5-17(22)6-4-15/h3-9,16H,10-12H2,1-2H3/t16-/m0/s1. The Balaban J connectivity index is 1.60. The van der Waals surface area contributed by atoms with Gasteiger partial charge in [0.15, 0.2) is 12.4 Å². The van der Waals surface area contributed by atoms with Crippen LogP contribution in [0.15, 0.2) is 42.5 Å². The molecule has 1 fully saturated rings. The lowest BCUT2D eigenvalue weighted by molar-refractivity contribution is -0.147. The predicted molar refractivity (Wildman–Crippen MR) is 98.1 cm³/mol. The van der Waals surface area contributed by atoms with Gasteiger partial charge in [-0.3, -0.25) is 14.4 Å². The third-order valence-electron chi connectivity index (χ3n) is 4.49. The smallest absolute Gasteiger partial charge is 0.311 e. The summed E-state index contributed by atoms with van der Waals surface area (Å²) in [5.41, 5.74) is 3.10. The number of hydrogen-bond acceptors (Lipinski definition) is 4. The normalized spacial score (nSPS) is 16.5. The molecule has 1 aliphatic rings. The monoisotopic (exact) mass is 369 g/mol. The highest BCUT2D eigenvalue weighted by Gasteiger charge is 2.36. The van der Waals surface area contributed by atoms with E-state index < -0.39 is 30.1 Å². The largest absolute Gasteiger partial charge is 0.457 e. The molecule has 1 atom stereocenters. The van der Waals surface area contributed by atoms with Crippen molar-refractivity contribution in [1.82, 2.24) is 0 Å². The third kappa shape index (κ3) is 4.39.